The van der Waals surface area contributed by atoms with Crippen LogP contribution in [0.15, 0.2) is 42.2 Å². The van der Waals surface area contributed by atoms with Gasteiger partial charge in [-0.05, 0) is 61.1 Å². The molecule has 0 aliphatic heterocycles. The van der Waals surface area contributed by atoms with Gasteiger partial charge in [-0.1, -0.05) is 24.6 Å². The molecule has 2 aromatic carbocycles. The highest BCUT2D eigenvalue weighted by Gasteiger charge is 2.41. The number of aliphatic hydroxyl groups is 1. The first-order chi connectivity index (χ1) is 13.0. The van der Waals surface area contributed by atoms with Crippen LogP contribution in [0.5, 0.6) is 11.5 Å². The quantitative estimate of drug-likeness (QED) is 0.690. The van der Waals surface area contributed by atoms with Crippen molar-refractivity contribution in [3.05, 3.63) is 64.1 Å². The number of aliphatic hydroxyl groups excluding tert-OH is 1. The maximum absolute atomic E-state index is 13.3. The van der Waals surface area contributed by atoms with Crippen molar-refractivity contribution in [3.8, 4) is 11.5 Å². The molecule has 1 saturated carbocycles. The van der Waals surface area contributed by atoms with Crippen LogP contribution >= 0.6 is 11.6 Å². The number of hydrogen-bond acceptors (Lipinski definition) is 3. The Morgan fingerprint density at radius 2 is 1.85 bits per heavy atom. The molecule has 0 saturated heterocycles. The van der Waals surface area contributed by atoms with Gasteiger partial charge in [0.2, 0.25) is 0 Å². The molecule has 3 nitrogen and oxygen atoms in total. The number of Topliss-reactive ketones (excluding diaryl/α,β-unsaturated/α-hetero) is 1. The number of allylic oxidation sites excluding steroid dienone is 2. The van der Waals surface area contributed by atoms with Crippen LogP contribution in [-0.4, -0.2) is 10.9 Å². The molecule has 27 heavy (non-hydrogen) atoms. The first-order valence-electron chi connectivity index (χ1n) is 9.21. The predicted octanol–water partition coefficient (Wildman–Crippen LogP) is 6.10. The summed E-state index contributed by atoms with van der Waals surface area (Å²) in [5, 5.41) is 10.7. The fraction of sp³-hybridized carbons (Fsp3) is 0.318. The van der Waals surface area contributed by atoms with Crippen LogP contribution in [0.1, 0.15) is 37.3 Å². The van der Waals surface area contributed by atoms with E-state index in [0.29, 0.717) is 17.1 Å². The molecular weight excluding hydrogens is 367 g/mol. The third-order valence-corrected chi connectivity index (χ3v) is 5.84. The van der Waals surface area contributed by atoms with Crippen molar-refractivity contribution in [2.75, 3.05) is 0 Å². The number of rotatable bonds is 4. The average Bonchev–Trinajstić information content (AvgIpc) is 3.11. The summed E-state index contributed by atoms with van der Waals surface area (Å²) in [4.78, 5) is 12.9. The van der Waals surface area contributed by atoms with Crippen molar-refractivity contribution in [2.24, 2.45) is 11.8 Å². The lowest BCUT2D eigenvalue weighted by Gasteiger charge is -2.23. The maximum atomic E-state index is 13.3. The van der Waals surface area contributed by atoms with Crippen molar-refractivity contribution in [1.29, 1.82) is 0 Å². The van der Waals surface area contributed by atoms with E-state index in [1.165, 1.54) is 18.2 Å². The Hall–Kier alpha value is -2.33. The Bertz CT molecular complexity index is 951. The minimum absolute atomic E-state index is 0.00563. The predicted molar refractivity (Wildman–Crippen MR) is 103 cm³/mol. The molecular formula is C22H20ClFO3. The summed E-state index contributed by atoms with van der Waals surface area (Å²) in [6, 6.07) is 9.64. The number of carbonyl (C=O) groups excluding carboxylic acids is 1. The van der Waals surface area contributed by atoms with E-state index in [1.54, 1.807) is 12.1 Å². The number of fused-ring (bicyclic) bond motifs is 2. The lowest BCUT2D eigenvalue weighted by Crippen LogP contribution is -2.21. The van der Waals surface area contributed by atoms with Gasteiger partial charge in [-0.3, -0.25) is 4.79 Å². The van der Waals surface area contributed by atoms with Gasteiger partial charge in [0, 0.05) is 17.9 Å². The molecule has 0 unspecified atom stereocenters. The van der Waals surface area contributed by atoms with E-state index >= 15 is 0 Å². The van der Waals surface area contributed by atoms with E-state index in [2.05, 4.69) is 0 Å². The van der Waals surface area contributed by atoms with Crippen LogP contribution in [0, 0.1) is 17.7 Å². The standard InChI is InChI=1S/C22H20ClFO3/c1-2-12-5-6-15(27-16-7-8-19(24)18(23)11-16)10-17(12)20-21(25)13-3-4-14(9-13)22(20)26/h5-8,10-11,13-14,25H,2-4,9H2,1H3/t13-,14-/m1/s1. The Labute approximate surface area is 162 Å². The number of hydrogen-bond donors (Lipinski definition) is 1. The summed E-state index contributed by atoms with van der Waals surface area (Å²) < 4.78 is 19.2. The van der Waals surface area contributed by atoms with E-state index in [-0.39, 0.29) is 28.4 Å². The Morgan fingerprint density at radius 1 is 1.15 bits per heavy atom. The Kier molecular flexibility index (Phi) is 4.68. The van der Waals surface area contributed by atoms with Crippen LogP contribution in [0.2, 0.25) is 5.02 Å². The molecule has 2 aliphatic rings. The van der Waals surface area contributed by atoms with Crippen LogP contribution in [-0.2, 0) is 11.2 Å². The summed E-state index contributed by atoms with van der Waals surface area (Å²) in [7, 11) is 0. The van der Waals surface area contributed by atoms with Gasteiger partial charge >= 0.3 is 0 Å². The monoisotopic (exact) mass is 386 g/mol. The zero-order chi connectivity index (χ0) is 19.1. The molecule has 140 valence electrons. The van der Waals surface area contributed by atoms with Crippen molar-refractivity contribution >= 4 is 23.0 Å². The van der Waals surface area contributed by atoms with Crippen molar-refractivity contribution in [3.63, 3.8) is 0 Å². The van der Waals surface area contributed by atoms with Crippen LogP contribution in [0.3, 0.4) is 0 Å². The van der Waals surface area contributed by atoms with Crippen LogP contribution < -0.4 is 4.74 Å². The highest BCUT2D eigenvalue weighted by atomic mass is 35.5. The molecule has 5 heteroatoms. The van der Waals surface area contributed by atoms with E-state index in [0.717, 1.165) is 36.8 Å². The Balaban J connectivity index is 1.74. The normalized spacial score (nSPS) is 21.7. The van der Waals surface area contributed by atoms with Gasteiger partial charge in [-0.2, -0.15) is 0 Å². The maximum Gasteiger partial charge on any atom is 0.169 e. The van der Waals surface area contributed by atoms with Gasteiger partial charge in [-0.25, -0.2) is 4.39 Å². The lowest BCUT2D eigenvalue weighted by molar-refractivity contribution is -0.117. The number of ketones is 1. The summed E-state index contributed by atoms with van der Waals surface area (Å²) >= 11 is 5.82. The largest absolute Gasteiger partial charge is 0.511 e. The first kappa shape index (κ1) is 18.1. The number of halogens is 2. The number of aryl methyl sites for hydroxylation is 1. The van der Waals surface area contributed by atoms with Crippen LogP contribution in [0.4, 0.5) is 4.39 Å². The van der Waals surface area contributed by atoms with Gasteiger partial charge in [0.15, 0.2) is 5.78 Å². The van der Waals surface area contributed by atoms with Gasteiger partial charge < -0.3 is 9.84 Å². The number of carbonyl (C=O) groups is 1. The average molecular weight is 387 g/mol. The van der Waals surface area contributed by atoms with Crippen molar-refractivity contribution in [2.45, 2.75) is 32.6 Å². The van der Waals surface area contributed by atoms with Gasteiger partial charge in [0.1, 0.15) is 23.1 Å². The zero-order valence-electron chi connectivity index (χ0n) is 15.0. The molecule has 2 atom stereocenters. The first-order valence-corrected chi connectivity index (χ1v) is 9.59. The van der Waals surface area contributed by atoms with Gasteiger partial charge in [0.25, 0.3) is 0 Å². The topological polar surface area (TPSA) is 46.5 Å². The molecule has 1 N–H and O–H groups in total. The Morgan fingerprint density at radius 3 is 2.59 bits per heavy atom. The second-order valence-corrected chi connectivity index (χ2v) is 7.59. The van der Waals surface area contributed by atoms with Gasteiger partial charge in [0.05, 0.1) is 10.6 Å². The fourth-order valence-corrected chi connectivity index (χ4v) is 4.28. The molecule has 0 radical (unpaired) electrons. The van der Waals surface area contributed by atoms with Crippen molar-refractivity contribution in [1.82, 2.24) is 0 Å². The summed E-state index contributed by atoms with van der Waals surface area (Å²) in [5.41, 5.74) is 2.14. The molecule has 4 rings (SSSR count). The fourth-order valence-electron chi connectivity index (χ4n) is 4.11. The second kappa shape index (κ2) is 7.01. The molecule has 2 aliphatic carbocycles. The molecule has 2 aromatic rings. The SMILES string of the molecule is CCc1ccc(Oc2ccc(F)c(Cl)c2)cc1C1=C(O)[C@@H]2CC[C@H](C2)C1=O. The summed E-state index contributed by atoms with van der Waals surface area (Å²) in [5.74, 6) is 0.729. The lowest BCUT2D eigenvalue weighted by atomic mass is 9.81. The van der Waals surface area contributed by atoms with E-state index in [4.69, 9.17) is 16.3 Å². The molecule has 0 heterocycles. The minimum Gasteiger partial charge on any atom is -0.511 e. The van der Waals surface area contributed by atoms with Crippen LogP contribution in [0.25, 0.3) is 5.57 Å². The number of ether oxygens (including phenoxy) is 1. The minimum atomic E-state index is -0.510. The van der Waals surface area contributed by atoms with Gasteiger partial charge in [-0.15, -0.1) is 0 Å². The zero-order valence-corrected chi connectivity index (χ0v) is 15.7. The number of benzene rings is 2. The molecule has 0 spiro atoms. The third kappa shape index (κ3) is 3.23. The highest BCUT2D eigenvalue weighted by molar-refractivity contribution is 6.30. The highest BCUT2D eigenvalue weighted by Crippen LogP contribution is 2.46. The van der Waals surface area contributed by atoms with E-state index in [1.807, 2.05) is 13.0 Å². The molecule has 0 amide bonds. The smallest absolute Gasteiger partial charge is 0.169 e. The summed E-state index contributed by atoms with van der Waals surface area (Å²) in [6.07, 6.45) is 3.18. The molecule has 0 aromatic heterocycles. The summed E-state index contributed by atoms with van der Waals surface area (Å²) in [6.45, 7) is 2.01. The van der Waals surface area contributed by atoms with E-state index in [9.17, 15) is 14.3 Å². The molecule has 1 fully saturated rings. The van der Waals surface area contributed by atoms with Crippen molar-refractivity contribution < 1.29 is 19.0 Å². The molecule has 2 bridgehead atoms. The van der Waals surface area contributed by atoms with E-state index < -0.39 is 5.82 Å². The second-order valence-electron chi connectivity index (χ2n) is 7.18. The third-order valence-electron chi connectivity index (χ3n) is 5.55.